The summed E-state index contributed by atoms with van der Waals surface area (Å²) in [6, 6.07) is 14.8. The molecule has 2 aromatic rings. The second-order valence-corrected chi connectivity index (χ2v) is 15.4. The number of hydrogen-bond acceptors (Lipinski definition) is 8. The lowest BCUT2D eigenvalue weighted by atomic mass is 9.99. The number of hydrogen-bond donors (Lipinski definition) is 5. The highest BCUT2D eigenvalue weighted by atomic mass is 32.2. The van der Waals surface area contributed by atoms with Gasteiger partial charge in [-0.15, -0.1) is 0 Å². The number of piperazine rings is 1. The van der Waals surface area contributed by atoms with Crippen LogP contribution in [0.3, 0.4) is 0 Å². The molecule has 0 saturated carbocycles. The number of nitrogens with two attached hydrogens (primary N) is 2. The van der Waals surface area contributed by atoms with E-state index < -0.39 is 51.9 Å². The van der Waals surface area contributed by atoms with E-state index in [1.165, 1.54) is 4.31 Å². The lowest BCUT2D eigenvalue weighted by molar-refractivity contribution is -0.139. The summed E-state index contributed by atoms with van der Waals surface area (Å²) in [7, 11) is -3.38. The van der Waals surface area contributed by atoms with Gasteiger partial charge in [0.2, 0.25) is 33.7 Å². The van der Waals surface area contributed by atoms with E-state index >= 15 is 0 Å². The van der Waals surface area contributed by atoms with Crippen molar-refractivity contribution in [2.75, 3.05) is 39.0 Å². The monoisotopic (exact) mass is 713 g/mol. The van der Waals surface area contributed by atoms with Crippen molar-refractivity contribution < 1.29 is 27.6 Å². The first-order valence-electron chi connectivity index (χ1n) is 17.5. The molecule has 1 saturated heterocycles. The molecule has 50 heavy (non-hydrogen) atoms. The SMILES string of the molecule is CC(C)C[C@@H](NC(=O)[C@@H](Cc1ccccc1)NC(=O)[C@H](N)Cc1ccccc1)C(=O)N[C@H](CCCCCN)C(=O)N1CCN(S(C)(=O)=O)CC1. The van der Waals surface area contributed by atoms with Gasteiger partial charge in [-0.25, -0.2) is 8.42 Å². The highest BCUT2D eigenvalue weighted by molar-refractivity contribution is 7.88. The average Bonchev–Trinajstić information content (AvgIpc) is 3.09. The predicted molar refractivity (Wildman–Crippen MR) is 194 cm³/mol. The van der Waals surface area contributed by atoms with E-state index in [9.17, 15) is 27.6 Å². The average molecular weight is 714 g/mol. The van der Waals surface area contributed by atoms with Crippen LogP contribution >= 0.6 is 0 Å². The molecule has 4 atom stereocenters. The zero-order valence-corrected chi connectivity index (χ0v) is 30.4. The third-order valence-corrected chi connectivity index (χ3v) is 10.0. The molecule has 7 N–H and O–H groups in total. The van der Waals surface area contributed by atoms with Gasteiger partial charge >= 0.3 is 0 Å². The Bertz CT molecular complexity index is 1480. The van der Waals surface area contributed by atoms with Gasteiger partial charge < -0.3 is 32.3 Å². The number of carbonyl (C=O) groups is 4. The molecule has 0 aliphatic carbocycles. The molecular formula is C36H55N7O6S. The third-order valence-electron chi connectivity index (χ3n) is 8.72. The van der Waals surface area contributed by atoms with E-state index in [0.717, 1.165) is 30.2 Å². The summed E-state index contributed by atoms with van der Waals surface area (Å²) in [5.41, 5.74) is 13.6. The number of unbranched alkanes of at least 4 members (excludes halogenated alkanes) is 2. The molecule has 1 aliphatic rings. The molecule has 276 valence electrons. The lowest BCUT2D eigenvalue weighted by Gasteiger charge is -2.35. The van der Waals surface area contributed by atoms with Crippen molar-refractivity contribution in [3.63, 3.8) is 0 Å². The van der Waals surface area contributed by atoms with Crippen molar-refractivity contribution in [3.05, 3.63) is 71.8 Å². The van der Waals surface area contributed by atoms with Crippen LogP contribution in [0.15, 0.2) is 60.7 Å². The Labute approximate surface area is 296 Å². The molecule has 1 fully saturated rings. The first kappa shape index (κ1) is 40.6. The van der Waals surface area contributed by atoms with Crippen molar-refractivity contribution in [2.45, 2.75) is 83.0 Å². The molecule has 0 aromatic heterocycles. The summed E-state index contributed by atoms with van der Waals surface area (Å²) >= 11 is 0. The molecule has 3 rings (SSSR count). The fourth-order valence-corrected chi connectivity index (χ4v) is 6.76. The maximum absolute atomic E-state index is 13.9. The number of nitrogens with zero attached hydrogens (tertiary/aromatic N) is 2. The molecule has 2 aromatic carbocycles. The number of nitrogens with one attached hydrogen (secondary N) is 3. The number of carbonyl (C=O) groups excluding carboxylic acids is 4. The number of rotatable bonds is 19. The number of sulfonamides is 1. The number of amides is 4. The van der Waals surface area contributed by atoms with E-state index in [2.05, 4.69) is 16.0 Å². The standard InChI is InChI=1S/C36H55N7O6S/c1-26(2)23-31(34(45)39-30(17-11-6-12-18-37)36(47)42-19-21-43(22-20-42)50(3,48)49)41-35(46)32(25-28-15-9-5-10-16-28)40-33(44)29(38)24-27-13-7-4-8-14-27/h4-5,7-10,13-16,26,29-32H,6,11-12,17-25,37-38H2,1-3H3,(H,39,45)(H,40,44)(H,41,46)/t29-,30-,31-,32-/m1/s1. The Hall–Kier alpha value is -3.85. The molecule has 1 aliphatic heterocycles. The first-order valence-corrected chi connectivity index (χ1v) is 19.3. The molecule has 0 bridgehead atoms. The van der Waals surface area contributed by atoms with Crippen LogP contribution in [0.25, 0.3) is 0 Å². The molecular weight excluding hydrogens is 659 g/mol. The molecule has 0 spiro atoms. The summed E-state index contributed by atoms with van der Waals surface area (Å²) in [4.78, 5) is 56.3. The normalized spacial score (nSPS) is 16.2. The number of benzene rings is 2. The van der Waals surface area contributed by atoms with Crippen molar-refractivity contribution in [3.8, 4) is 0 Å². The van der Waals surface area contributed by atoms with Crippen LogP contribution in [-0.2, 0) is 42.0 Å². The fraction of sp³-hybridized carbons (Fsp3) is 0.556. The van der Waals surface area contributed by atoms with Crippen molar-refractivity contribution in [1.82, 2.24) is 25.2 Å². The first-order chi connectivity index (χ1) is 23.8. The Morgan fingerprint density at radius 2 is 1.24 bits per heavy atom. The topological polar surface area (TPSA) is 197 Å². The Morgan fingerprint density at radius 1 is 0.720 bits per heavy atom. The molecule has 0 unspecified atom stereocenters. The minimum absolute atomic E-state index is 0.00952. The Balaban J connectivity index is 1.77. The van der Waals surface area contributed by atoms with Gasteiger partial charge in [0.25, 0.3) is 0 Å². The minimum Gasteiger partial charge on any atom is -0.343 e. The van der Waals surface area contributed by atoms with Crippen molar-refractivity contribution >= 4 is 33.7 Å². The Kier molecular flexibility index (Phi) is 16.3. The van der Waals surface area contributed by atoms with Gasteiger partial charge in [-0.2, -0.15) is 4.31 Å². The molecule has 4 amide bonds. The van der Waals surface area contributed by atoms with Crippen molar-refractivity contribution in [1.29, 1.82) is 0 Å². The van der Waals surface area contributed by atoms with Gasteiger partial charge in [0.1, 0.15) is 18.1 Å². The third kappa shape index (κ3) is 13.5. The van der Waals surface area contributed by atoms with Gasteiger partial charge in [0.15, 0.2) is 0 Å². The van der Waals surface area contributed by atoms with Crippen molar-refractivity contribution in [2.24, 2.45) is 17.4 Å². The highest BCUT2D eigenvalue weighted by Crippen LogP contribution is 2.14. The maximum atomic E-state index is 13.9. The molecule has 13 nitrogen and oxygen atoms in total. The van der Waals surface area contributed by atoms with E-state index in [0.29, 0.717) is 19.4 Å². The maximum Gasteiger partial charge on any atom is 0.245 e. The van der Waals surface area contributed by atoms with E-state index in [1.54, 1.807) is 4.90 Å². The van der Waals surface area contributed by atoms with Crippen LogP contribution in [0.5, 0.6) is 0 Å². The second kappa shape index (κ2) is 20.1. The van der Waals surface area contributed by atoms with Gasteiger partial charge in [0, 0.05) is 32.6 Å². The van der Waals surface area contributed by atoms with Crippen LogP contribution < -0.4 is 27.4 Å². The smallest absolute Gasteiger partial charge is 0.245 e. The molecule has 14 heteroatoms. The van der Waals surface area contributed by atoms with Crippen LogP contribution in [0.4, 0.5) is 0 Å². The van der Waals surface area contributed by atoms with Gasteiger partial charge in [-0.3, -0.25) is 19.2 Å². The molecule has 1 heterocycles. The summed E-state index contributed by atoms with van der Waals surface area (Å²) in [5, 5.41) is 8.58. The predicted octanol–water partition coefficient (Wildman–Crippen LogP) is 0.923. The summed E-state index contributed by atoms with van der Waals surface area (Å²) in [6.45, 7) is 5.13. The zero-order chi connectivity index (χ0) is 36.7. The zero-order valence-electron chi connectivity index (χ0n) is 29.6. The summed E-state index contributed by atoms with van der Waals surface area (Å²) < 4.78 is 25.3. The van der Waals surface area contributed by atoms with Crippen LogP contribution in [0, 0.1) is 5.92 Å². The summed E-state index contributed by atoms with van der Waals surface area (Å²) in [6.07, 6.45) is 4.46. The van der Waals surface area contributed by atoms with E-state index in [1.807, 2.05) is 74.5 Å². The highest BCUT2D eigenvalue weighted by Gasteiger charge is 2.34. The van der Waals surface area contributed by atoms with Crippen LogP contribution in [0.2, 0.25) is 0 Å². The van der Waals surface area contributed by atoms with Crippen LogP contribution in [-0.4, -0.2) is 104 Å². The second-order valence-electron chi connectivity index (χ2n) is 13.4. The quantitative estimate of drug-likeness (QED) is 0.133. The largest absolute Gasteiger partial charge is 0.343 e. The van der Waals surface area contributed by atoms with Crippen LogP contribution in [0.1, 0.15) is 57.1 Å². The molecule has 0 radical (unpaired) electrons. The van der Waals surface area contributed by atoms with Gasteiger partial charge in [-0.05, 0) is 49.3 Å². The Morgan fingerprint density at radius 3 is 1.78 bits per heavy atom. The lowest BCUT2D eigenvalue weighted by Crippen LogP contribution is -2.59. The van der Waals surface area contributed by atoms with E-state index in [4.69, 9.17) is 11.5 Å². The fourth-order valence-electron chi connectivity index (χ4n) is 5.93. The minimum atomic E-state index is -3.38. The van der Waals surface area contributed by atoms with Gasteiger partial charge in [-0.1, -0.05) is 87.4 Å². The van der Waals surface area contributed by atoms with Gasteiger partial charge in [0.05, 0.1) is 12.3 Å². The van der Waals surface area contributed by atoms with E-state index in [-0.39, 0.29) is 57.3 Å². The summed E-state index contributed by atoms with van der Waals surface area (Å²) in [5.74, 6) is -1.83.